The molecule has 1 fully saturated rings. The Bertz CT molecular complexity index is 395. The fraction of sp³-hybridized carbons (Fsp3) is 0.667. The Morgan fingerprint density at radius 1 is 1.33 bits per heavy atom. The average Bonchev–Trinajstić information content (AvgIpc) is 2.83. The van der Waals surface area contributed by atoms with E-state index in [0.29, 0.717) is 12.0 Å². The average molecular weight is 247 g/mol. The van der Waals surface area contributed by atoms with Crippen LogP contribution in [0.5, 0.6) is 0 Å². The van der Waals surface area contributed by atoms with E-state index in [1.54, 1.807) is 0 Å². The molecule has 0 atom stereocenters. The minimum Gasteiger partial charge on any atom is -0.397 e. The molecule has 1 aromatic rings. The molecule has 0 amide bonds. The first-order valence-electron chi connectivity index (χ1n) is 7.07. The van der Waals surface area contributed by atoms with Gasteiger partial charge >= 0.3 is 0 Å². The highest BCUT2D eigenvalue weighted by molar-refractivity contribution is 5.51. The van der Waals surface area contributed by atoms with Gasteiger partial charge in [0.2, 0.25) is 0 Å². The topological polar surface area (TPSA) is 42.2 Å². The van der Waals surface area contributed by atoms with Crippen molar-refractivity contribution in [1.29, 1.82) is 0 Å². The van der Waals surface area contributed by atoms with Crippen molar-refractivity contribution in [3.05, 3.63) is 17.8 Å². The van der Waals surface area contributed by atoms with Crippen molar-refractivity contribution in [2.24, 2.45) is 5.92 Å². The molecule has 18 heavy (non-hydrogen) atoms. The zero-order chi connectivity index (χ0) is 13.1. The summed E-state index contributed by atoms with van der Waals surface area (Å²) in [6.07, 6.45) is 5.32. The van der Waals surface area contributed by atoms with Gasteiger partial charge in [-0.05, 0) is 37.8 Å². The van der Waals surface area contributed by atoms with Crippen LogP contribution in [0.25, 0.3) is 0 Å². The van der Waals surface area contributed by atoms with Crippen LogP contribution in [0.2, 0.25) is 0 Å². The van der Waals surface area contributed by atoms with Crippen molar-refractivity contribution in [3.8, 4) is 0 Å². The maximum atomic E-state index is 5.86. The lowest BCUT2D eigenvalue weighted by molar-refractivity contribution is 0.531. The number of hydrogen-bond acceptors (Lipinski definition) is 3. The van der Waals surface area contributed by atoms with Crippen molar-refractivity contribution in [3.63, 3.8) is 0 Å². The molecule has 0 unspecified atom stereocenters. The summed E-state index contributed by atoms with van der Waals surface area (Å²) in [5.41, 5.74) is 7.59. The lowest BCUT2D eigenvalue weighted by Gasteiger charge is -2.32. The summed E-state index contributed by atoms with van der Waals surface area (Å²) in [7, 11) is 0. The number of anilines is 2. The molecule has 3 heteroatoms. The van der Waals surface area contributed by atoms with Gasteiger partial charge in [0, 0.05) is 12.6 Å². The van der Waals surface area contributed by atoms with Gasteiger partial charge in [0.1, 0.15) is 5.82 Å². The normalized spacial score (nSPS) is 16.4. The molecule has 2 rings (SSSR count). The Balaban J connectivity index is 2.23. The summed E-state index contributed by atoms with van der Waals surface area (Å²) in [5, 5.41) is 0. The molecule has 0 saturated heterocycles. The number of hydrogen-bond donors (Lipinski definition) is 1. The van der Waals surface area contributed by atoms with Gasteiger partial charge in [-0.2, -0.15) is 0 Å². The molecule has 0 bridgehead atoms. The minimum absolute atomic E-state index is 0.658. The molecule has 3 nitrogen and oxygen atoms in total. The quantitative estimate of drug-likeness (QED) is 0.887. The number of nitrogens with two attached hydrogens (primary N) is 1. The van der Waals surface area contributed by atoms with E-state index in [9.17, 15) is 0 Å². The van der Waals surface area contributed by atoms with Gasteiger partial charge in [0.05, 0.1) is 11.4 Å². The van der Waals surface area contributed by atoms with Crippen LogP contribution in [0.15, 0.2) is 12.1 Å². The van der Waals surface area contributed by atoms with Crippen LogP contribution in [0, 0.1) is 12.8 Å². The van der Waals surface area contributed by atoms with E-state index in [1.807, 2.05) is 13.0 Å². The third-order valence-electron chi connectivity index (χ3n) is 3.73. The summed E-state index contributed by atoms with van der Waals surface area (Å²) in [5.74, 6) is 1.76. The highest BCUT2D eigenvalue weighted by Gasteiger charge is 2.24. The fourth-order valence-electron chi connectivity index (χ4n) is 2.76. The van der Waals surface area contributed by atoms with E-state index >= 15 is 0 Å². The van der Waals surface area contributed by atoms with Gasteiger partial charge in [-0.25, -0.2) is 4.98 Å². The van der Waals surface area contributed by atoms with Gasteiger partial charge < -0.3 is 10.6 Å². The Morgan fingerprint density at radius 3 is 2.56 bits per heavy atom. The highest BCUT2D eigenvalue weighted by Crippen LogP contribution is 2.28. The third kappa shape index (κ3) is 2.95. The number of rotatable bonds is 4. The molecule has 0 radical (unpaired) electrons. The molecular formula is C15H25N3. The zero-order valence-corrected chi connectivity index (χ0v) is 11.8. The van der Waals surface area contributed by atoms with E-state index in [0.717, 1.165) is 23.7 Å². The molecule has 1 heterocycles. The Hall–Kier alpha value is -1.25. The van der Waals surface area contributed by atoms with Crippen molar-refractivity contribution >= 4 is 11.5 Å². The third-order valence-corrected chi connectivity index (χ3v) is 3.73. The largest absolute Gasteiger partial charge is 0.397 e. The maximum absolute atomic E-state index is 5.86. The zero-order valence-electron chi connectivity index (χ0n) is 11.8. The molecule has 100 valence electrons. The fourth-order valence-corrected chi connectivity index (χ4v) is 2.76. The minimum atomic E-state index is 0.658. The number of aryl methyl sites for hydroxylation is 1. The van der Waals surface area contributed by atoms with Crippen molar-refractivity contribution in [2.45, 2.75) is 52.5 Å². The molecule has 0 aliphatic heterocycles. The van der Waals surface area contributed by atoms with Crippen molar-refractivity contribution in [2.75, 3.05) is 17.2 Å². The highest BCUT2D eigenvalue weighted by atomic mass is 15.2. The second kappa shape index (κ2) is 5.59. The van der Waals surface area contributed by atoms with Crippen LogP contribution in [0.1, 0.15) is 45.2 Å². The summed E-state index contributed by atoms with van der Waals surface area (Å²) in [6.45, 7) is 7.61. The predicted octanol–water partition coefficient (Wildman–Crippen LogP) is 3.38. The summed E-state index contributed by atoms with van der Waals surface area (Å²) in [6, 6.07) is 4.73. The second-order valence-corrected chi connectivity index (χ2v) is 5.83. The lowest BCUT2D eigenvalue weighted by Crippen LogP contribution is -2.37. The van der Waals surface area contributed by atoms with Crippen molar-refractivity contribution in [1.82, 2.24) is 4.98 Å². The molecule has 1 saturated carbocycles. The number of nitrogens with zero attached hydrogens (tertiary/aromatic N) is 2. The monoisotopic (exact) mass is 247 g/mol. The van der Waals surface area contributed by atoms with Gasteiger partial charge in [-0.1, -0.05) is 26.7 Å². The Kier molecular flexibility index (Phi) is 4.10. The van der Waals surface area contributed by atoms with E-state index in [4.69, 9.17) is 5.73 Å². The van der Waals surface area contributed by atoms with Gasteiger partial charge in [-0.15, -0.1) is 0 Å². The maximum Gasteiger partial charge on any atom is 0.129 e. The smallest absolute Gasteiger partial charge is 0.129 e. The van der Waals surface area contributed by atoms with E-state index in [-0.39, 0.29) is 0 Å². The van der Waals surface area contributed by atoms with Crippen LogP contribution in [0.4, 0.5) is 11.5 Å². The van der Waals surface area contributed by atoms with Crippen LogP contribution < -0.4 is 10.6 Å². The standard InChI is InChI=1S/C15H25N3/c1-11(2)10-18(13-6-4-5-7-13)15-9-8-14(16)12(3)17-15/h8-9,11,13H,4-7,10,16H2,1-3H3. The second-order valence-electron chi connectivity index (χ2n) is 5.83. The molecule has 0 aromatic carbocycles. The first kappa shape index (κ1) is 13.2. The summed E-state index contributed by atoms with van der Waals surface area (Å²) < 4.78 is 0. The van der Waals surface area contributed by atoms with Gasteiger partial charge in [0.25, 0.3) is 0 Å². The molecule has 0 spiro atoms. The Morgan fingerprint density at radius 2 is 2.00 bits per heavy atom. The SMILES string of the molecule is Cc1nc(N(CC(C)C)C2CCCC2)ccc1N. The van der Waals surface area contributed by atoms with E-state index in [1.165, 1.54) is 25.7 Å². The van der Waals surface area contributed by atoms with Gasteiger partial charge in [-0.3, -0.25) is 0 Å². The molecule has 1 aliphatic rings. The number of nitrogen functional groups attached to an aromatic ring is 1. The number of pyridine rings is 1. The molecular weight excluding hydrogens is 222 g/mol. The lowest BCUT2D eigenvalue weighted by atomic mass is 10.1. The first-order valence-corrected chi connectivity index (χ1v) is 7.07. The van der Waals surface area contributed by atoms with Crippen LogP contribution >= 0.6 is 0 Å². The first-order chi connectivity index (χ1) is 8.58. The van der Waals surface area contributed by atoms with Gasteiger partial charge in [0.15, 0.2) is 0 Å². The Labute approximate surface area is 110 Å². The van der Waals surface area contributed by atoms with Crippen LogP contribution in [0.3, 0.4) is 0 Å². The van der Waals surface area contributed by atoms with E-state index in [2.05, 4.69) is 29.8 Å². The molecule has 1 aromatic heterocycles. The molecule has 1 aliphatic carbocycles. The number of aromatic nitrogens is 1. The predicted molar refractivity (Wildman–Crippen MR) is 77.8 cm³/mol. The summed E-state index contributed by atoms with van der Waals surface area (Å²) in [4.78, 5) is 7.16. The van der Waals surface area contributed by atoms with Crippen LogP contribution in [-0.2, 0) is 0 Å². The van der Waals surface area contributed by atoms with Crippen LogP contribution in [-0.4, -0.2) is 17.6 Å². The van der Waals surface area contributed by atoms with Crippen molar-refractivity contribution < 1.29 is 0 Å². The van der Waals surface area contributed by atoms with E-state index < -0.39 is 0 Å². The molecule has 2 N–H and O–H groups in total. The summed E-state index contributed by atoms with van der Waals surface area (Å²) >= 11 is 0.